The zero-order valence-corrected chi connectivity index (χ0v) is 11.6. The van der Waals surface area contributed by atoms with Gasteiger partial charge < -0.3 is 20.1 Å². The maximum absolute atomic E-state index is 11.3. The fourth-order valence-corrected chi connectivity index (χ4v) is 1.03. The highest BCUT2D eigenvalue weighted by Crippen LogP contribution is 1.89. The first-order valence-electron chi connectivity index (χ1n) is 5.85. The summed E-state index contributed by atoms with van der Waals surface area (Å²) in [4.78, 5) is 33.2. The fraction of sp³-hybridized carbons (Fsp3) is 0.583. The first-order valence-corrected chi connectivity index (χ1v) is 5.85. The summed E-state index contributed by atoms with van der Waals surface area (Å²) in [5, 5.41) is 5.24. The summed E-state index contributed by atoms with van der Waals surface area (Å²) in [6.07, 6.45) is 1.93. The molecule has 0 bridgehead atoms. The van der Waals surface area contributed by atoms with Crippen molar-refractivity contribution in [3.8, 4) is 0 Å². The van der Waals surface area contributed by atoms with Gasteiger partial charge in [-0.15, -0.1) is 0 Å². The number of urea groups is 1. The van der Waals surface area contributed by atoms with E-state index in [0.717, 1.165) is 12.2 Å². The lowest BCUT2D eigenvalue weighted by Gasteiger charge is -2.15. The molecule has 0 saturated heterocycles. The maximum atomic E-state index is 11.3. The van der Waals surface area contributed by atoms with Crippen molar-refractivity contribution >= 4 is 18.0 Å². The van der Waals surface area contributed by atoms with Gasteiger partial charge in [-0.05, 0) is 20.8 Å². The predicted octanol–water partition coefficient (Wildman–Crippen LogP) is 0.355. The monoisotopic (exact) mass is 272 g/mol. The van der Waals surface area contributed by atoms with Gasteiger partial charge in [-0.3, -0.25) is 0 Å². The van der Waals surface area contributed by atoms with Gasteiger partial charge >= 0.3 is 18.0 Å². The third kappa shape index (κ3) is 9.63. The summed E-state index contributed by atoms with van der Waals surface area (Å²) < 4.78 is 9.15. The predicted molar refractivity (Wildman–Crippen MR) is 68.4 cm³/mol. The Bertz CT molecular complexity index is 352. The SMILES string of the molecule is COC(=O)/C=C/C(=O)OC[C@@H](C)NC(=O)NC(C)C. The second kappa shape index (κ2) is 8.96. The maximum Gasteiger partial charge on any atom is 0.331 e. The van der Waals surface area contributed by atoms with Crippen LogP contribution in [0.15, 0.2) is 12.2 Å². The van der Waals surface area contributed by atoms with Gasteiger partial charge in [-0.2, -0.15) is 0 Å². The van der Waals surface area contributed by atoms with Crippen molar-refractivity contribution in [2.45, 2.75) is 32.9 Å². The third-order valence-electron chi connectivity index (χ3n) is 1.83. The Balaban J connectivity index is 3.93. The number of rotatable bonds is 6. The van der Waals surface area contributed by atoms with Crippen molar-refractivity contribution < 1.29 is 23.9 Å². The first kappa shape index (κ1) is 16.9. The molecule has 7 nitrogen and oxygen atoms in total. The van der Waals surface area contributed by atoms with Crippen molar-refractivity contribution in [2.75, 3.05) is 13.7 Å². The average Bonchev–Trinajstić information content (AvgIpc) is 2.32. The van der Waals surface area contributed by atoms with Gasteiger partial charge in [-0.25, -0.2) is 14.4 Å². The highest BCUT2D eigenvalue weighted by molar-refractivity contribution is 5.91. The summed E-state index contributed by atoms with van der Waals surface area (Å²) in [7, 11) is 1.21. The van der Waals surface area contributed by atoms with Gasteiger partial charge in [0.05, 0.1) is 13.2 Å². The van der Waals surface area contributed by atoms with Crippen LogP contribution in [0.2, 0.25) is 0 Å². The van der Waals surface area contributed by atoms with E-state index in [1.54, 1.807) is 6.92 Å². The zero-order chi connectivity index (χ0) is 14.8. The Kier molecular flexibility index (Phi) is 7.99. The Hall–Kier alpha value is -2.05. The molecule has 0 spiro atoms. The van der Waals surface area contributed by atoms with Gasteiger partial charge in [0.2, 0.25) is 0 Å². The molecule has 2 N–H and O–H groups in total. The Labute approximate surface area is 112 Å². The second-order valence-electron chi connectivity index (χ2n) is 4.16. The number of methoxy groups -OCH3 is 1. The normalized spacial score (nSPS) is 12.1. The van der Waals surface area contributed by atoms with Crippen molar-refractivity contribution in [1.29, 1.82) is 0 Å². The molecule has 0 radical (unpaired) electrons. The van der Waals surface area contributed by atoms with E-state index in [2.05, 4.69) is 15.4 Å². The average molecular weight is 272 g/mol. The van der Waals surface area contributed by atoms with E-state index < -0.39 is 11.9 Å². The quantitative estimate of drug-likeness (QED) is 0.537. The summed E-state index contributed by atoms with van der Waals surface area (Å²) in [6, 6.07) is -0.643. The minimum atomic E-state index is -0.677. The molecule has 7 heteroatoms. The molecule has 0 unspecified atom stereocenters. The number of hydrogen-bond acceptors (Lipinski definition) is 5. The number of hydrogen-bond donors (Lipinski definition) is 2. The highest BCUT2D eigenvalue weighted by atomic mass is 16.5. The van der Waals surface area contributed by atoms with Gasteiger partial charge in [0.25, 0.3) is 0 Å². The minimum absolute atomic E-state index is 0.00978. The molecule has 19 heavy (non-hydrogen) atoms. The molecule has 0 aromatic carbocycles. The summed E-state index contributed by atoms with van der Waals surface area (Å²) in [5.41, 5.74) is 0. The van der Waals surface area contributed by atoms with Crippen LogP contribution >= 0.6 is 0 Å². The van der Waals surface area contributed by atoms with Crippen LogP contribution in [0, 0.1) is 0 Å². The van der Waals surface area contributed by atoms with E-state index in [-0.39, 0.29) is 24.7 Å². The number of ether oxygens (including phenoxy) is 2. The van der Waals surface area contributed by atoms with Crippen molar-refractivity contribution in [3.05, 3.63) is 12.2 Å². The molecule has 0 aromatic heterocycles. The molecule has 0 fully saturated rings. The number of carbonyl (C=O) groups excluding carboxylic acids is 3. The summed E-state index contributed by atoms with van der Waals surface area (Å²) >= 11 is 0. The van der Waals surface area contributed by atoms with Crippen molar-refractivity contribution in [1.82, 2.24) is 10.6 Å². The minimum Gasteiger partial charge on any atom is -0.466 e. The molecule has 0 aliphatic carbocycles. The van der Waals surface area contributed by atoms with Crippen LogP contribution in [0.4, 0.5) is 4.79 Å². The Morgan fingerprint density at radius 3 is 2.16 bits per heavy atom. The summed E-state index contributed by atoms with van der Waals surface area (Å²) in [5.74, 6) is -1.32. The molecule has 0 aromatic rings. The molecule has 0 heterocycles. The molecular formula is C12H20N2O5. The number of carbonyl (C=O) groups is 3. The lowest BCUT2D eigenvalue weighted by Crippen LogP contribution is -2.45. The molecule has 0 rings (SSSR count). The van der Waals surface area contributed by atoms with Crippen LogP contribution in [0.3, 0.4) is 0 Å². The molecule has 108 valence electrons. The molecule has 2 amide bonds. The molecule has 0 aliphatic heterocycles. The smallest absolute Gasteiger partial charge is 0.331 e. The van der Waals surface area contributed by atoms with E-state index in [9.17, 15) is 14.4 Å². The van der Waals surface area contributed by atoms with E-state index in [0.29, 0.717) is 0 Å². The Morgan fingerprint density at radius 1 is 1.05 bits per heavy atom. The lowest BCUT2D eigenvalue weighted by atomic mass is 10.3. The topological polar surface area (TPSA) is 93.7 Å². The fourth-order valence-electron chi connectivity index (χ4n) is 1.03. The van der Waals surface area contributed by atoms with E-state index in [1.165, 1.54) is 7.11 Å². The second-order valence-corrected chi connectivity index (χ2v) is 4.16. The van der Waals surface area contributed by atoms with Crippen LogP contribution in [0.5, 0.6) is 0 Å². The Morgan fingerprint density at radius 2 is 1.63 bits per heavy atom. The van der Waals surface area contributed by atoms with Gasteiger partial charge in [0, 0.05) is 18.2 Å². The van der Waals surface area contributed by atoms with Gasteiger partial charge in [0.15, 0.2) is 0 Å². The number of nitrogens with one attached hydrogen (secondary N) is 2. The lowest BCUT2D eigenvalue weighted by molar-refractivity contribution is -0.139. The van der Waals surface area contributed by atoms with Crippen LogP contribution in [0.1, 0.15) is 20.8 Å². The summed E-state index contributed by atoms with van der Waals surface area (Å²) in [6.45, 7) is 5.37. The molecule has 0 saturated carbocycles. The number of amides is 2. The van der Waals surface area contributed by atoms with Crippen LogP contribution in [0.25, 0.3) is 0 Å². The van der Waals surface area contributed by atoms with Crippen molar-refractivity contribution in [3.63, 3.8) is 0 Å². The van der Waals surface area contributed by atoms with Crippen LogP contribution < -0.4 is 10.6 Å². The van der Waals surface area contributed by atoms with Gasteiger partial charge in [0.1, 0.15) is 6.61 Å². The first-order chi connectivity index (χ1) is 8.85. The highest BCUT2D eigenvalue weighted by Gasteiger charge is 2.09. The third-order valence-corrected chi connectivity index (χ3v) is 1.83. The number of esters is 2. The standard InChI is InChI=1S/C12H20N2O5/c1-8(2)13-12(17)14-9(3)7-19-11(16)6-5-10(15)18-4/h5-6,8-9H,7H2,1-4H3,(H2,13,14,17)/b6-5+/t9-/m1/s1. The van der Waals surface area contributed by atoms with Crippen LogP contribution in [-0.4, -0.2) is 43.8 Å². The van der Waals surface area contributed by atoms with Crippen LogP contribution in [-0.2, 0) is 19.1 Å². The largest absolute Gasteiger partial charge is 0.466 e. The molecule has 0 aliphatic rings. The zero-order valence-electron chi connectivity index (χ0n) is 11.6. The molecule has 1 atom stereocenters. The van der Waals surface area contributed by atoms with Gasteiger partial charge in [-0.1, -0.05) is 0 Å². The van der Waals surface area contributed by atoms with E-state index in [4.69, 9.17) is 4.74 Å². The van der Waals surface area contributed by atoms with Crippen molar-refractivity contribution in [2.24, 2.45) is 0 Å². The van der Waals surface area contributed by atoms with E-state index in [1.807, 2.05) is 13.8 Å². The van der Waals surface area contributed by atoms with E-state index >= 15 is 0 Å². The molecular weight excluding hydrogens is 252 g/mol.